The van der Waals surface area contributed by atoms with Gasteiger partial charge in [-0.2, -0.15) is 0 Å². The van der Waals surface area contributed by atoms with Crippen LogP contribution in [-0.4, -0.2) is 4.98 Å². The first kappa shape index (κ1) is 11.5. The fourth-order valence-electron chi connectivity index (χ4n) is 1.27. The molecule has 3 nitrogen and oxygen atoms in total. The van der Waals surface area contributed by atoms with Crippen molar-refractivity contribution in [2.75, 3.05) is 5.32 Å². The minimum atomic E-state index is 0.557. The lowest BCUT2D eigenvalue weighted by Gasteiger charge is -2.04. The summed E-state index contributed by atoms with van der Waals surface area (Å²) in [5.41, 5.74) is 0.965. The Balaban J connectivity index is 2.02. The highest BCUT2D eigenvalue weighted by Gasteiger charge is 2.02. The molecule has 1 heterocycles. The van der Waals surface area contributed by atoms with Crippen LogP contribution in [0.2, 0.25) is 5.02 Å². The SMILES string of the molecule is Cc1cnc(CNc2ccc(Cl)c(Br)c2)o1. The minimum Gasteiger partial charge on any atom is -0.444 e. The smallest absolute Gasteiger partial charge is 0.213 e. The molecule has 16 heavy (non-hydrogen) atoms. The van der Waals surface area contributed by atoms with Gasteiger partial charge in [-0.1, -0.05) is 11.6 Å². The number of nitrogens with one attached hydrogen (secondary N) is 1. The average molecular weight is 302 g/mol. The van der Waals surface area contributed by atoms with Crippen molar-refractivity contribution in [1.29, 1.82) is 0 Å². The quantitative estimate of drug-likeness (QED) is 0.931. The summed E-state index contributed by atoms with van der Waals surface area (Å²) in [4.78, 5) is 4.10. The van der Waals surface area contributed by atoms with Crippen molar-refractivity contribution in [1.82, 2.24) is 4.98 Å². The van der Waals surface area contributed by atoms with E-state index in [1.165, 1.54) is 0 Å². The van der Waals surface area contributed by atoms with E-state index >= 15 is 0 Å². The molecule has 0 saturated heterocycles. The molecule has 0 amide bonds. The van der Waals surface area contributed by atoms with Crippen molar-refractivity contribution in [3.8, 4) is 0 Å². The van der Waals surface area contributed by atoms with Gasteiger partial charge in [0.1, 0.15) is 5.76 Å². The number of hydrogen-bond acceptors (Lipinski definition) is 3. The van der Waals surface area contributed by atoms with Crippen molar-refractivity contribution < 1.29 is 4.42 Å². The zero-order valence-corrected chi connectivity index (χ0v) is 11.0. The van der Waals surface area contributed by atoms with E-state index in [0.717, 1.165) is 15.9 Å². The maximum absolute atomic E-state index is 5.90. The van der Waals surface area contributed by atoms with Gasteiger partial charge in [-0.15, -0.1) is 0 Å². The molecule has 0 bridgehead atoms. The van der Waals surface area contributed by atoms with Crippen LogP contribution >= 0.6 is 27.5 Å². The Kier molecular flexibility index (Phi) is 3.51. The number of halogens is 2. The van der Waals surface area contributed by atoms with E-state index in [1.807, 2.05) is 25.1 Å². The molecule has 1 N–H and O–H groups in total. The van der Waals surface area contributed by atoms with Crippen molar-refractivity contribution in [3.63, 3.8) is 0 Å². The Morgan fingerprint density at radius 3 is 2.94 bits per heavy atom. The highest BCUT2D eigenvalue weighted by Crippen LogP contribution is 2.25. The van der Waals surface area contributed by atoms with Gasteiger partial charge in [0, 0.05) is 10.2 Å². The van der Waals surface area contributed by atoms with Gasteiger partial charge in [0.2, 0.25) is 5.89 Å². The monoisotopic (exact) mass is 300 g/mol. The summed E-state index contributed by atoms with van der Waals surface area (Å²) in [5.74, 6) is 1.48. The summed E-state index contributed by atoms with van der Waals surface area (Å²) < 4.78 is 6.21. The van der Waals surface area contributed by atoms with Crippen LogP contribution in [0.15, 0.2) is 33.3 Å². The van der Waals surface area contributed by atoms with Crippen molar-refractivity contribution in [2.45, 2.75) is 13.5 Å². The number of oxazole rings is 1. The lowest BCUT2D eigenvalue weighted by molar-refractivity contribution is 0.479. The highest BCUT2D eigenvalue weighted by atomic mass is 79.9. The zero-order chi connectivity index (χ0) is 11.5. The Bertz CT molecular complexity index is 498. The fourth-order valence-corrected chi connectivity index (χ4v) is 1.76. The normalized spacial score (nSPS) is 10.4. The molecule has 84 valence electrons. The number of aromatic nitrogens is 1. The average Bonchev–Trinajstić information content (AvgIpc) is 2.66. The molecule has 0 atom stereocenters. The molecule has 0 aliphatic rings. The molecular formula is C11H10BrClN2O. The van der Waals surface area contributed by atoms with Gasteiger partial charge in [0.25, 0.3) is 0 Å². The number of benzene rings is 1. The number of hydrogen-bond donors (Lipinski definition) is 1. The molecule has 0 saturated carbocycles. The third-order valence-electron chi connectivity index (χ3n) is 2.03. The Labute approximate surface area is 107 Å². The van der Waals surface area contributed by atoms with Gasteiger partial charge >= 0.3 is 0 Å². The van der Waals surface area contributed by atoms with Crippen LogP contribution < -0.4 is 5.32 Å². The van der Waals surface area contributed by atoms with Crippen LogP contribution in [-0.2, 0) is 6.54 Å². The van der Waals surface area contributed by atoms with Crippen molar-refractivity contribution in [2.24, 2.45) is 0 Å². The first-order chi connectivity index (χ1) is 7.65. The first-order valence-electron chi connectivity index (χ1n) is 4.75. The Morgan fingerprint density at radius 2 is 2.31 bits per heavy atom. The largest absolute Gasteiger partial charge is 0.444 e. The van der Waals surface area contributed by atoms with Gasteiger partial charge in [-0.3, -0.25) is 0 Å². The molecule has 0 radical (unpaired) electrons. The molecule has 2 rings (SSSR count). The van der Waals surface area contributed by atoms with E-state index in [2.05, 4.69) is 26.2 Å². The van der Waals surface area contributed by atoms with E-state index in [-0.39, 0.29) is 0 Å². The molecule has 2 aromatic rings. The topological polar surface area (TPSA) is 38.1 Å². The summed E-state index contributed by atoms with van der Waals surface area (Å²) in [7, 11) is 0. The van der Waals surface area contributed by atoms with E-state index in [9.17, 15) is 0 Å². The van der Waals surface area contributed by atoms with Crippen LogP contribution in [0.5, 0.6) is 0 Å². The lowest BCUT2D eigenvalue weighted by atomic mass is 10.3. The van der Waals surface area contributed by atoms with E-state index < -0.39 is 0 Å². The molecule has 0 aliphatic carbocycles. The number of aryl methyl sites for hydroxylation is 1. The van der Waals surface area contributed by atoms with Crippen LogP contribution in [0, 0.1) is 6.92 Å². The summed E-state index contributed by atoms with van der Waals surface area (Å²) in [6.45, 7) is 2.43. The van der Waals surface area contributed by atoms with Gasteiger partial charge in [-0.25, -0.2) is 4.98 Å². The second kappa shape index (κ2) is 4.89. The summed E-state index contributed by atoms with van der Waals surface area (Å²) >= 11 is 9.26. The zero-order valence-electron chi connectivity index (χ0n) is 8.63. The standard InChI is InChI=1S/C11H10BrClN2O/c1-7-5-15-11(16-7)6-14-8-2-3-10(13)9(12)4-8/h2-5,14H,6H2,1H3. The second-order valence-corrected chi connectivity index (χ2v) is 4.61. The molecular weight excluding hydrogens is 291 g/mol. The molecule has 0 unspecified atom stereocenters. The van der Waals surface area contributed by atoms with E-state index in [4.69, 9.17) is 16.0 Å². The summed E-state index contributed by atoms with van der Waals surface area (Å²) in [5, 5.41) is 3.89. The first-order valence-corrected chi connectivity index (χ1v) is 5.92. The number of nitrogens with zero attached hydrogens (tertiary/aromatic N) is 1. The second-order valence-electron chi connectivity index (χ2n) is 3.35. The third kappa shape index (κ3) is 2.77. The van der Waals surface area contributed by atoms with E-state index in [0.29, 0.717) is 17.5 Å². The molecule has 1 aromatic carbocycles. The molecule has 0 fully saturated rings. The lowest BCUT2D eigenvalue weighted by Crippen LogP contribution is -1.99. The molecule has 0 spiro atoms. The van der Waals surface area contributed by atoms with Crippen LogP contribution in [0.25, 0.3) is 0 Å². The van der Waals surface area contributed by atoms with Crippen LogP contribution in [0.1, 0.15) is 11.7 Å². The maximum atomic E-state index is 5.90. The molecule has 0 aliphatic heterocycles. The van der Waals surface area contributed by atoms with Crippen molar-refractivity contribution in [3.05, 3.63) is 45.5 Å². The van der Waals surface area contributed by atoms with Gasteiger partial charge in [0.05, 0.1) is 17.8 Å². The fraction of sp³-hybridized carbons (Fsp3) is 0.182. The van der Waals surface area contributed by atoms with Gasteiger partial charge in [-0.05, 0) is 41.1 Å². The predicted molar refractivity (Wildman–Crippen MR) is 67.7 cm³/mol. The maximum Gasteiger partial charge on any atom is 0.213 e. The Hall–Kier alpha value is -1.00. The minimum absolute atomic E-state index is 0.557. The number of rotatable bonds is 3. The number of anilines is 1. The molecule has 1 aromatic heterocycles. The predicted octanol–water partition coefficient (Wildman–Crippen LogP) is 4.01. The summed E-state index contributed by atoms with van der Waals surface area (Å²) in [6.07, 6.45) is 1.70. The van der Waals surface area contributed by atoms with Crippen LogP contribution in [0.4, 0.5) is 5.69 Å². The highest BCUT2D eigenvalue weighted by molar-refractivity contribution is 9.10. The summed E-state index contributed by atoms with van der Waals surface area (Å²) in [6, 6.07) is 5.65. The van der Waals surface area contributed by atoms with Gasteiger partial charge in [0.15, 0.2) is 0 Å². The van der Waals surface area contributed by atoms with Crippen LogP contribution in [0.3, 0.4) is 0 Å². The Morgan fingerprint density at radius 1 is 1.50 bits per heavy atom. The third-order valence-corrected chi connectivity index (χ3v) is 3.25. The van der Waals surface area contributed by atoms with Crippen molar-refractivity contribution >= 4 is 33.2 Å². The molecule has 5 heteroatoms. The van der Waals surface area contributed by atoms with Gasteiger partial charge < -0.3 is 9.73 Å². The van der Waals surface area contributed by atoms with E-state index in [1.54, 1.807) is 6.20 Å².